The van der Waals surface area contributed by atoms with E-state index < -0.39 is 5.41 Å². The number of nitrogens with two attached hydrogens (primary N) is 1. The number of carbonyl (C=O) groups excluding carboxylic acids is 1. The van der Waals surface area contributed by atoms with Crippen LogP contribution in [-0.2, 0) is 4.79 Å². The average Bonchev–Trinajstić information content (AvgIpc) is 2.34. The van der Waals surface area contributed by atoms with E-state index in [0.29, 0.717) is 23.9 Å². The molecule has 19 heavy (non-hydrogen) atoms. The molecule has 1 amide bonds. The van der Waals surface area contributed by atoms with E-state index in [0.717, 1.165) is 12.8 Å². The second-order valence-corrected chi connectivity index (χ2v) is 6.11. The number of rotatable bonds is 5. The fourth-order valence-corrected chi connectivity index (χ4v) is 3.34. The number of hydrogen-bond donors (Lipinski definition) is 2. The highest BCUT2D eigenvalue weighted by molar-refractivity contribution is 7.80. The molecule has 110 valence electrons. The Balaban J connectivity index is 2.67. The summed E-state index contributed by atoms with van der Waals surface area (Å²) in [6.07, 6.45) is 9.87. The molecule has 0 atom stereocenters. The molecule has 1 saturated carbocycles. The second kappa shape index (κ2) is 7.83. The van der Waals surface area contributed by atoms with Crippen LogP contribution in [0.5, 0.6) is 0 Å². The number of carbonyl (C=O) groups is 1. The first kappa shape index (κ1) is 16.4. The van der Waals surface area contributed by atoms with E-state index in [2.05, 4.69) is 5.32 Å². The minimum Gasteiger partial charge on any atom is -0.392 e. The van der Waals surface area contributed by atoms with E-state index in [-0.39, 0.29) is 5.91 Å². The third kappa shape index (κ3) is 4.16. The first-order chi connectivity index (χ1) is 9.06. The summed E-state index contributed by atoms with van der Waals surface area (Å²) in [5.74, 6) is 0.0376. The van der Waals surface area contributed by atoms with Crippen molar-refractivity contribution in [3.63, 3.8) is 0 Å². The van der Waals surface area contributed by atoms with Crippen molar-refractivity contribution in [1.82, 2.24) is 5.32 Å². The Hall–Kier alpha value is -0.640. The van der Waals surface area contributed by atoms with Crippen molar-refractivity contribution in [2.75, 3.05) is 0 Å². The SMILES string of the molecule is CCC(CC)(C(=O)NC1CCCCCCC1)C(N)=S. The summed E-state index contributed by atoms with van der Waals surface area (Å²) in [6, 6.07) is 0.305. The van der Waals surface area contributed by atoms with Crippen molar-refractivity contribution in [2.24, 2.45) is 11.1 Å². The van der Waals surface area contributed by atoms with Gasteiger partial charge in [-0.1, -0.05) is 58.2 Å². The number of hydrogen-bond acceptors (Lipinski definition) is 2. The molecule has 0 heterocycles. The van der Waals surface area contributed by atoms with Gasteiger partial charge in [-0.3, -0.25) is 4.79 Å². The lowest BCUT2D eigenvalue weighted by atomic mass is 9.80. The number of amides is 1. The highest BCUT2D eigenvalue weighted by Gasteiger charge is 2.38. The summed E-state index contributed by atoms with van der Waals surface area (Å²) in [5, 5.41) is 3.20. The van der Waals surface area contributed by atoms with Crippen molar-refractivity contribution < 1.29 is 4.79 Å². The van der Waals surface area contributed by atoms with Gasteiger partial charge in [0.1, 0.15) is 0 Å². The first-order valence-corrected chi connectivity index (χ1v) is 8.08. The number of nitrogens with one attached hydrogen (secondary N) is 1. The third-order valence-electron chi connectivity index (χ3n) is 4.55. The van der Waals surface area contributed by atoms with Gasteiger partial charge < -0.3 is 11.1 Å². The van der Waals surface area contributed by atoms with Gasteiger partial charge in [-0.15, -0.1) is 0 Å². The van der Waals surface area contributed by atoms with E-state index in [1.807, 2.05) is 13.8 Å². The maximum Gasteiger partial charge on any atom is 0.233 e. The average molecular weight is 284 g/mol. The zero-order valence-electron chi connectivity index (χ0n) is 12.3. The van der Waals surface area contributed by atoms with Gasteiger partial charge >= 0.3 is 0 Å². The van der Waals surface area contributed by atoms with Crippen molar-refractivity contribution in [2.45, 2.75) is 77.7 Å². The molecular weight excluding hydrogens is 256 g/mol. The van der Waals surface area contributed by atoms with Crippen molar-refractivity contribution >= 4 is 23.1 Å². The van der Waals surface area contributed by atoms with Gasteiger partial charge in [0.25, 0.3) is 0 Å². The lowest BCUT2D eigenvalue weighted by Crippen LogP contribution is -2.51. The van der Waals surface area contributed by atoms with Crippen LogP contribution in [0.15, 0.2) is 0 Å². The predicted molar refractivity (Wildman–Crippen MR) is 84.1 cm³/mol. The van der Waals surface area contributed by atoms with E-state index >= 15 is 0 Å². The van der Waals surface area contributed by atoms with Crippen molar-refractivity contribution in [3.05, 3.63) is 0 Å². The van der Waals surface area contributed by atoms with Crippen LogP contribution in [0.2, 0.25) is 0 Å². The molecular formula is C15H28N2OS. The molecule has 0 unspecified atom stereocenters. The van der Waals surface area contributed by atoms with Gasteiger partial charge in [0.05, 0.1) is 10.4 Å². The lowest BCUT2D eigenvalue weighted by Gasteiger charge is -2.32. The quantitative estimate of drug-likeness (QED) is 0.762. The van der Waals surface area contributed by atoms with Gasteiger partial charge in [0.15, 0.2) is 0 Å². The van der Waals surface area contributed by atoms with Gasteiger partial charge in [-0.2, -0.15) is 0 Å². The minimum absolute atomic E-state index is 0.0376. The molecule has 0 aliphatic heterocycles. The highest BCUT2D eigenvalue weighted by Crippen LogP contribution is 2.28. The molecule has 0 aromatic rings. The molecule has 1 aliphatic rings. The topological polar surface area (TPSA) is 55.1 Å². The van der Waals surface area contributed by atoms with Gasteiger partial charge in [0.2, 0.25) is 5.91 Å². The fourth-order valence-electron chi connectivity index (χ4n) is 2.96. The number of thiocarbonyl (C=S) groups is 1. The lowest BCUT2D eigenvalue weighted by molar-refractivity contribution is -0.128. The Kier molecular flexibility index (Phi) is 6.76. The van der Waals surface area contributed by atoms with Crippen LogP contribution in [0.25, 0.3) is 0 Å². The second-order valence-electron chi connectivity index (χ2n) is 5.67. The summed E-state index contributed by atoms with van der Waals surface area (Å²) in [4.78, 5) is 12.9. The molecule has 1 rings (SSSR count). The Labute approximate surface area is 122 Å². The van der Waals surface area contributed by atoms with Crippen LogP contribution in [0.1, 0.15) is 71.6 Å². The summed E-state index contributed by atoms with van der Waals surface area (Å²) in [5.41, 5.74) is 5.17. The fraction of sp³-hybridized carbons (Fsp3) is 0.867. The Morgan fingerprint density at radius 3 is 2.05 bits per heavy atom. The van der Waals surface area contributed by atoms with Gasteiger partial charge in [0, 0.05) is 6.04 Å². The van der Waals surface area contributed by atoms with E-state index in [1.54, 1.807) is 0 Å². The predicted octanol–water partition coefficient (Wildman–Crippen LogP) is 3.31. The smallest absolute Gasteiger partial charge is 0.233 e. The molecule has 3 N–H and O–H groups in total. The molecule has 0 spiro atoms. The molecule has 0 aromatic carbocycles. The van der Waals surface area contributed by atoms with Crippen LogP contribution in [0.4, 0.5) is 0 Å². The summed E-state index contributed by atoms with van der Waals surface area (Å²) >= 11 is 5.14. The van der Waals surface area contributed by atoms with Crippen LogP contribution >= 0.6 is 12.2 Å². The first-order valence-electron chi connectivity index (χ1n) is 7.67. The van der Waals surface area contributed by atoms with Crippen LogP contribution in [0, 0.1) is 5.41 Å². The van der Waals surface area contributed by atoms with E-state index in [1.165, 1.54) is 32.1 Å². The van der Waals surface area contributed by atoms with Crippen molar-refractivity contribution in [3.8, 4) is 0 Å². The van der Waals surface area contributed by atoms with Gasteiger partial charge in [-0.25, -0.2) is 0 Å². The molecule has 1 fully saturated rings. The zero-order valence-corrected chi connectivity index (χ0v) is 13.2. The van der Waals surface area contributed by atoms with Crippen LogP contribution in [-0.4, -0.2) is 16.9 Å². The maximum atomic E-state index is 12.6. The third-order valence-corrected chi connectivity index (χ3v) is 4.94. The Morgan fingerprint density at radius 1 is 1.16 bits per heavy atom. The van der Waals surface area contributed by atoms with Gasteiger partial charge in [-0.05, 0) is 25.7 Å². The monoisotopic (exact) mass is 284 g/mol. The highest BCUT2D eigenvalue weighted by atomic mass is 32.1. The van der Waals surface area contributed by atoms with Crippen LogP contribution in [0.3, 0.4) is 0 Å². The minimum atomic E-state index is -0.655. The zero-order chi connectivity index (χ0) is 14.3. The molecule has 0 bridgehead atoms. The normalized spacial score (nSPS) is 18.4. The summed E-state index contributed by atoms with van der Waals surface area (Å²) in [7, 11) is 0. The summed E-state index contributed by atoms with van der Waals surface area (Å²) < 4.78 is 0. The molecule has 1 aliphatic carbocycles. The van der Waals surface area contributed by atoms with E-state index in [9.17, 15) is 4.79 Å². The van der Waals surface area contributed by atoms with E-state index in [4.69, 9.17) is 18.0 Å². The van der Waals surface area contributed by atoms with Crippen molar-refractivity contribution in [1.29, 1.82) is 0 Å². The Morgan fingerprint density at radius 2 is 1.63 bits per heavy atom. The maximum absolute atomic E-state index is 12.6. The van der Waals surface area contributed by atoms with Crippen LogP contribution < -0.4 is 11.1 Å². The molecule has 0 saturated heterocycles. The standard InChI is InChI=1S/C15H28N2OS/c1-3-15(4-2,13(16)19)14(18)17-12-10-8-6-5-7-9-11-12/h12H,3-11H2,1-2H3,(H2,16,19)(H,17,18). The molecule has 0 aromatic heterocycles. The summed E-state index contributed by atoms with van der Waals surface area (Å²) in [6.45, 7) is 3.97. The Bertz CT molecular complexity index is 305. The molecule has 0 radical (unpaired) electrons. The molecule has 3 nitrogen and oxygen atoms in total. The largest absolute Gasteiger partial charge is 0.392 e. The molecule has 4 heteroatoms.